The van der Waals surface area contributed by atoms with E-state index in [9.17, 15) is 4.57 Å². The minimum atomic E-state index is -1.54. The van der Waals surface area contributed by atoms with Crippen LogP contribution < -0.4 is 0 Å². The molecule has 78 valence electrons. The summed E-state index contributed by atoms with van der Waals surface area (Å²) in [5.74, 6) is 0. The monoisotopic (exact) mass is 209 g/mol. The predicted octanol–water partition coefficient (Wildman–Crippen LogP) is 2.16. The van der Waals surface area contributed by atoms with Crippen LogP contribution in [0.4, 0.5) is 0 Å². The number of ether oxygens (including phenoxy) is 2. The Morgan fingerprint density at radius 1 is 1.23 bits per heavy atom. The van der Waals surface area contributed by atoms with E-state index >= 15 is 0 Å². The van der Waals surface area contributed by atoms with Gasteiger partial charge in [-0.25, -0.2) is 0 Å². The molecule has 0 heterocycles. The van der Waals surface area contributed by atoms with Gasteiger partial charge >= 0.3 is 8.03 Å². The van der Waals surface area contributed by atoms with Crippen LogP contribution in [0.3, 0.4) is 0 Å². The third-order valence-electron chi connectivity index (χ3n) is 1.46. The van der Waals surface area contributed by atoms with Gasteiger partial charge in [0, 0.05) is 19.6 Å². The first kappa shape index (κ1) is 13.0. The molecule has 1 atom stereocenters. The Morgan fingerprint density at radius 2 is 1.77 bits per heavy atom. The Hall–Kier alpha value is -0.0200. The zero-order chi connectivity index (χ0) is 10.1. The lowest BCUT2D eigenvalue weighted by Gasteiger charge is -2.13. The molecule has 5 heteroatoms. The molecule has 0 rings (SSSR count). The molecule has 0 aliphatic heterocycles. The van der Waals surface area contributed by atoms with Gasteiger partial charge in [-0.3, -0.25) is 0 Å². The van der Waals surface area contributed by atoms with Crippen molar-refractivity contribution in [3.63, 3.8) is 0 Å². The molecule has 0 aromatic carbocycles. The molecule has 0 fully saturated rings. The van der Waals surface area contributed by atoms with Gasteiger partial charge in [-0.15, -0.1) is 4.52 Å². The summed E-state index contributed by atoms with van der Waals surface area (Å²) < 4.78 is 26.1. The maximum atomic E-state index is 10.9. The molecule has 4 nitrogen and oxygen atoms in total. The SMILES string of the molecule is CCOC(CC[P+](=O)OC)OCC. The summed E-state index contributed by atoms with van der Waals surface area (Å²) >= 11 is 0. The average molecular weight is 209 g/mol. The fourth-order valence-electron chi connectivity index (χ4n) is 0.889. The van der Waals surface area contributed by atoms with E-state index in [-0.39, 0.29) is 6.29 Å². The lowest BCUT2D eigenvalue weighted by molar-refractivity contribution is -0.136. The highest BCUT2D eigenvalue weighted by atomic mass is 31.1. The first-order valence-electron chi connectivity index (χ1n) is 4.46. The van der Waals surface area contributed by atoms with E-state index in [1.807, 2.05) is 13.8 Å². The zero-order valence-electron chi connectivity index (χ0n) is 8.49. The second kappa shape index (κ2) is 8.57. The Labute approximate surface area is 80.4 Å². The van der Waals surface area contributed by atoms with Crippen LogP contribution in [0.1, 0.15) is 20.3 Å². The molecule has 1 unspecified atom stereocenters. The van der Waals surface area contributed by atoms with E-state index in [1.54, 1.807) is 0 Å². The van der Waals surface area contributed by atoms with Crippen molar-refractivity contribution in [3.8, 4) is 0 Å². The third kappa shape index (κ3) is 7.08. The molecule has 0 saturated carbocycles. The van der Waals surface area contributed by atoms with E-state index in [2.05, 4.69) is 4.52 Å². The molecule has 0 N–H and O–H groups in total. The molecule has 0 aromatic rings. The van der Waals surface area contributed by atoms with Crippen molar-refractivity contribution in [3.05, 3.63) is 0 Å². The fraction of sp³-hybridized carbons (Fsp3) is 1.00. The summed E-state index contributed by atoms with van der Waals surface area (Å²) in [4.78, 5) is 0. The number of hydrogen-bond donors (Lipinski definition) is 0. The summed E-state index contributed by atoms with van der Waals surface area (Å²) in [5, 5.41) is 0. The lowest BCUT2D eigenvalue weighted by Crippen LogP contribution is -2.18. The lowest BCUT2D eigenvalue weighted by atomic mass is 10.5. The molecule has 0 aromatic heterocycles. The van der Waals surface area contributed by atoms with Crippen molar-refractivity contribution >= 4 is 8.03 Å². The van der Waals surface area contributed by atoms with Gasteiger partial charge in [0.25, 0.3) is 0 Å². The second-order valence-electron chi connectivity index (χ2n) is 2.37. The molecule has 13 heavy (non-hydrogen) atoms. The van der Waals surface area contributed by atoms with Crippen molar-refractivity contribution in [2.45, 2.75) is 26.6 Å². The van der Waals surface area contributed by atoms with Gasteiger partial charge in [0.1, 0.15) is 0 Å². The fourth-order valence-corrected chi connectivity index (χ4v) is 1.49. The molecule has 0 amide bonds. The minimum absolute atomic E-state index is 0.246. The van der Waals surface area contributed by atoms with Crippen molar-refractivity contribution in [1.82, 2.24) is 0 Å². The quantitative estimate of drug-likeness (QED) is 0.454. The van der Waals surface area contributed by atoms with Gasteiger partial charge in [0.15, 0.2) is 12.5 Å². The van der Waals surface area contributed by atoms with Gasteiger partial charge in [0.2, 0.25) is 0 Å². The first-order valence-corrected chi connectivity index (χ1v) is 5.82. The van der Waals surface area contributed by atoms with Gasteiger partial charge in [-0.2, -0.15) is 0 Å². The van der Waals surface area contributed by atoms with Crippen LogP contribution in [0, 0.1) is 0 Å². The zero-order valence-corrected chi connectivity index (χ0v) is 9.38. The minimum Gasteiger partial charge on any atom is -0.353 e. The largest absolute Gasteiger partial charge is 0.507 e. The Morgan fingerprint density at radius 3 is 2.15 bits per heavy atom. The highest BCUT2D eigenvalue weighted by Gasteiger charge is 2.19. The van der Waals surface area contributed by atoms with Gasteiger partial charge in [-0.05, 0) is 18.4 Å². The third-order valence-corrected chi connectivity index (χ3v) is 2.49. The summed E-state index contributed by atoms with van der Waals surface area (Å²) in [6, 6.07) is 0. The van der Waals surface area contributed by atoms with Crippen molar-refractivity contribution in [2.75, 3.05) is 26.5 Å². The van der Waals surface area contributed by atoms with E-state index < -0.39 is 8.03 Å². The van der Waals surface area contributed by atoms with Gasteiger partial charge < -0.3 is 9.47 Å². The second-order valence-corrected chi connectivity index (χ2v) is 3.85. The Kier molecular flexibility index (Phi) is 8.56. The van der Waals surface area contributed by atoms with E-state index in [0.29, 0.717) is 25.8 Å². The molecular formula is C8H18O4P+. The molecule has 0 radical (unpaired) electrons. The van der Waals surface area contributed by atoms with Crippen molar-refractivity contribution in [1.29, 1.82) is 0 Å². The topological polar surface area (TPSA) is 44.8 Å². The predicted molar refractivity (Wildman–Crippen MR) is 51.1 cm³/mol. The van der Waals surface area contributed by atoms with Crippen molar-refractivity contribution in [2.24, 2.45) is 0 Å². The normalized spacial score (nSPS) is 12.2. The maximum absolute atomic E-state index is 10.9. The summed E-state index contributed by atoms with van der Waals surface area (Å²) in [6.45, 7) is 5.02. The summed E-state index contributed by atoms with van der Waals surface area (Å²) in [7, 11) is -0.103. The summed E-state index contributed by atoms with van der Waals surface area (Å²) in [6.07, 6.45) is 0.852. The molecule has 0 bridgehead atoms. The van der Waals surface area contributed by atoms with Crippen LogP contribution in [0.2, 0.25) is 0 Å². The highest BCUT2D eigenvalue weighted by molar-refractivity contribution is 7.39. The van der Waals surface area contributed by atoms with Gasteiger partial charge in [-0.1, -0.05) is 0 Å². The van der Waals surface area contributed by atoms with Crippen LogP contribution in [-0.4, -0.2) is 32.8 Å². The molecule has 0 aliphatic carbocycles. The molecule has 0 spiro atoms. The number of rotatable bonds is 8. The van der Waals surface area contributed by atoms with Crippen LogP contribution in [0.15, 0.2) is 0 Å². The van der Waals surface area contributed by atoms with Crippen LogP contribution >= 0.6 is 8.03 Å². The van der Waals surface area contributed by atoms with Gasteiger partial charge in [0.05, 0.1) is 7.11 Å². The molecule has 0 saturated heterocycles. The summed E-state index contributed by atoms with van der Waals surface area (Å²) in [5.41, 5.74) is 0. The standard InChI is InChI=1S/C8H18O4P/c1-4-11-8(12-5-2)6-7-13(9)10-3/h8H,4-7H2,1-3H3/q+1. The smallest absolute Gasteiger partial charge is 0.353 e. The van der Waals surface area contributed by atoms with E-state index in [0.717, 1.165) is 0 Å². The highest BCUT2D eigenvalue weighted by Crippen LogP contribution is 2.22. The van der Waals surface area contributed by atoms with Crippen LogP contribution in [0.25, 0.3) is 0 Å². The van der Waals surface area contributed by atoms with E-state index in [1.165, 1.54) is 7.11 Å². The molecular weight excluding hydrogens is 191 g/mol. The molecule has 0 aliphatic rings. The van der Waals surface area contributed by atoms with E-state index in [4.69, 9.17) is 9.47 Å². The Bertz CT molecular complexity index is 134. The van der Waals surface area contributed by atoms with Crippen molar-refractivity contribution < 1.29 is 18.6 Å². The Balaban J connectivity index is 3.61. The van der Waals surface area contributed by atoms with Crippen LogP contribution in [-0.2, 0) is 18.6 Å². The first-order chi connectivity index (χ1) is 6.24. The maximum Gasteiger partial charge on any atom is 0.507 e. The average Bonchev–Trinajstić information content (AvgIpc) is 2.14. The number of hydrogen-bond acceptors (Lipinski definition) is 4. The van der Waals surface area contributed by atoms with Crippen LogP contribution in [0.5, 0.6) is 0 Å².